The van der Waals surface area contributed by atoms with Crippen LogP contribution in [0.3, 0.4) is 0 Å². The molecular weight excluding hydrogens is 233 g/mol. The maximum atomic E-state index is 13.1. The third-order valence-electron chi connectivity index (χ3n) is 2.83. The van der Waals surface area contributed by atoms with Gasteiger partial charge in [0.2, 0.25) is 0 Å². The van der Waals surface area contributed by atoms with Gasteiger partial charge in [0, 0.05) is 12.1 Å². The van der Waals surface area contributed by atoms with Crippen molar-refractivity contribution in [3.63, 3.8) is 0 Å². The molecule has 0 aromatic heterocycles. The average Bonchev–Trinajstić information content (AvgIpc) is 2.29. The van der Waals surface area contributed by atoms with Crippen LogP contribution in [-0.4, -0.2) is 23.9 Å². The van der Waals surface area contributed by atoms with Crippen molar-refractivity contribution in [3.05, 3.63) is 29.6 Å². The van der Waals surface area contributed by atoms with Crippen LogP contribution in [0.5, 0.6) is 5.75 Å². The zero-order chi connectivity index (χ0) is 13.7. The molecule has 0 spiro atoms. The molecule has 102 valence electrons. The minimum absolute atomic E-state index is 0.177. The molecule has 0 saturated heterocycles. The molecule has 3 N–H and O–H groups in total. The first-order chi connectivity index (χ1) is 8.43. The molecule has 18 heavy (non-hydrogen) atoms. The van der Waals surface area contributed by atoms with Crippen molar-refractivity contribution in [3.8, 4) is 5.75 Å². The normalized spacial score (nSPS) is 14.6. The highest BCUT2D eigenvalue weighted by Gasteiger charge is 2.20. The fourth-order valence-corrected chi connectivity index (χ4v) is 1.82. The fraction of sp³-hybridized carbons (Fsp3) is 0.571. The summed E-state index contributed by atoms with van der Waals surface area (Å²) in [5, 5.41) is 9.33. The lowest BCUT2D eigenvalue weighted by Crippen LogP contribution is -2.42. The molecule has 0 heterocycles. The van der Waals surface area contributed by atoms with Gasteiger partial charge in [0.15, 0.2) is 0 Å². The summed E-state index contributed by atoms with van der Waals surface area (Å²) in [4.78, 5) is 0. The predicted molar refractivity (Wildman–Crippen MR) is 70.1 cm³/mol. The van der Waals surface area contributed by atoms with E-state index in [1.807, 2.05) is 6.92 Å². The van der Waals surface area contributed by atoms with Crippen LogP contribution in [0.1, 0.15) is 25.8 Å². The summed E-state index contributed by atoms with van der Waals surface area (Å²) in [6.07, 6.45) is 0.243. The van der Waals surface area contributed by atoms with Crippen molar-refractivity contribution in [1.29, 1.82) is 0 Å². The Morgan fingerprint density at radius 1 is 1.39 bits per heavy atom. The lowest BCUT2D eigenvalue weighted by atomic mass is 10.0. The van der Waals surface area contributed by atoms with Gasteiger partial charge >= 0.3 is 0 Å². The first-order valence-electron chi connectivity index (χ1n) is 6.23. The van der Waals surface area contributed by atoms with E-state index in [4.69, 9.17) is 10.5 Å². The van der Waals surface area contributed by atoms with Crippen LogP contribution in [0.4, 0.5) is 4.39 Å². The molecule has 0 aliphatic rings. The topological polar surface area (TPSA) is 55.5 Å². The lowest BCUT2D eigenvalue weighted by molar-refractivity contribution is 0.0873. The maximum Gasteiger partial charge on any atom is 0.137 e. The standard InChI is InChI=1S/C14H22FNO2/c1-9(2)6-12(16)14(8-17)18-13-7-11(15)5-4-10(13)3/h4-5,7,9,12,14,17H,6,8,16H2,1-3H3. The van der Waals surface area contributed by atoms with E-state index in [1.165, 1.54) is 12.1 Å². The predicted octanol–water partition coefficient (Wildman–Crippen LogP) is 2.25. The van der Waals surface area contributed by atoms with Crippen LogP contribution < -0.4 is 10.5 Å². The number of benzene rings is 1. The molecule has 0 bridgehead atoms. The van der Waals surface area contributed by atoms with Gasteiger partial charge in [0.05, 0.1) is 6.61 Å². The number of nitrogens with two attached hydrogens (primary N) is 1. The smallest absolute Gasteiger partial charge is 0.137 e. The van der Waals surface area contributed by atoms with E-state index in [-0.39, 0.29) is 18.5 Å². The van der Waals surface area contributed by atoms with Crippen LogP contribution in [0.15, 0.2) is 18.2 Å². The molecule has 1 aromatic rings. The molecule has 0 aliphatic carbocycles. The second kappa shape index (κ2) is 6.71. The van der Waals surface area contributed by atoms with Gasteiger partial charge in [-0.15, -0.1) is 0 Å². The summed E-state index contributed by atoms with van der Waals surface area (Å²) in [7, 11) is 0. The summed E-state index contributed by atoms with van der Waals surface area (Å²) < 4.78 is 18.8. The van der Waals surface area contributed by atoms with Crippen molar-refractivity contribution in [2.24, 2.45) is 11.7 Å². The van der Waals surface area contributed by atoms with Crippen LogP contribution in [0.2, 0.25) is 0 Å². The molecule has 0 radical (unpaired) electrons. The molecule has 0 amide bonds. The van der Waals surface area contributed by atoms with E-state index in [1.54, 1.807) is 6.07 Å². The number of hydrogen-bond donors (Lipinski definition) is 2. The molecule has 3 nitrogen and oxygen atoms in total. The van der Waals surface area contributed by atoms with E-state index in [2.05, 4.69) is 13.8 Å². The van der Waals surface area contributed by atoms with Gasteiger partial charge in [-0.3, -0.25) is 0 Å². The van der Waals surface area contributed by atoms with Gasteiger partial charge in [0.1, 0.15) is 17.7 Å². The highest BCUT2D eigenvalue weighted by molar-refractivity contribution is 5.32. The third kappa shape index (κ3) is 4.27. The van der Waals surface area contributed by atoms with Gasteiger partial charge in [-0.05, 0) is 30.9 Å². The Bertz CT molecular complexity index is 382. The van der Waals surface area contributed by atoms with Crippen molar-refractivity contribution in [1.82, 2.24) is 0 Å². The largest absolute Gasteiger partial charge is 0.486 e. The highest BCUT2D eigenvalue weighted by Crippen LogP contribution is 2.21. The van der Waals surface area contributed by atoms with E-state index in [0.29, 0.717) is 11.7 Å². The number of aliphatic hydroxyl groups excluding tert-OH is 1. The van der Waals surface area contributed by atoms with Crippen molar-refractivity contribution in [2.75, 3.05) is 6.61 Å². The van der Waals surface area contributed by atoms with E-state index < -0.39 is 6.10 Å². The Kier molecular flexibility index (Phi) is 5.56. The fourth-order valence-electron chi connectivity index (χ4n) is 1.82. The molecular formula is C14H22FNO2. The quantitative estimate of drug-likeness (QED) is 0.819. The molecule has 4 heteroatoms. The zero-order valence-corrected chi connectivity index (χ0v) is 11.2. The van der Waals surface area contributed by atoms with Crippen LogP contribution in [0, 0.1) is 18.7 Å². The van der Waals surface area contributed by atoms with Gasteiger partial charge < -0.3 is 15.6 Å². The number of rotatable bonds is 6. The second-order valence-electron chi connectivity index (χ2n) is 5.04. The number of halogens is 1. The van der Waals surface area contributed by atoms with Crippen molar-refractivity contribution >= 4 is 0 Å². The van der Waals surface area contributed by atoms with E-state index in [0.717, 1.165) is 12.0 Å². The average molecular weight is 255 g/mol. The van der Waals surface area contributed by atoms with Gasteiger partial charge in [-0.2, -0.15) is 0 Å². The summed E-state index contributed by atoms with van der Waals surface area (Å²) in [5.41, 5.74) is 6.81. The number of aliphatic hydroxyl groups is 1. The number of ether oxygens (including phenoxy) is 1. The summed E-state index contributed by atoms with van der Waals surface area (Å²) >= 11 is 0. The molecule has 0 saturated carbocycles. The highest BCUT2D eigenvalue weighted by atomic mass is 19.1. The van der Waals surface area contributed by atoms with Crippen LogP contribution in [0.25, 0.3) is 0 Å². The van der Waals surface area contributed by atoms with Crippen molar-refractivity contribution in [2.45, 2.75) is 39.3 Å². The van der Waals surface area contributed by atoms with E-state index in [9.17, 15) is 9.50 Å². The lowest BCUT2D eigenvalue weighted by Gasteiger charge is -2.25. The first kappa shape index (κ1) is 14.9. The summed E-state index contributed by atoms with van der Waals surface area (Å²) in [6.45, 7) is 5.77. The maximum absolute atomic E-state index is 13.1. The zero-order valence-electron chi connectivity index (χ0n) is 11.2. The Balaban J connectivity index is 2.76. The van der Waals surface area contributed by atoms with Crippen LogP contribution in [-0.2, 0) is 0 Å². The Morgan fingerprint density at radius 2 is 2.06 bits per heavy atom. The van der Waals surface area contributed by atoms with Gasteiger partial charge in [-0.1, -0.05) is 19.9 Å². The van der Waals surface area contributed by atoms with Gasteiger partial charge in [-0.25, -0.2) is 4.39 Å². The number of hydrogen-bond acceptors (Lipinski definition) is 3. The molecule has 1 aromatic carbocycles. The van der Waals surface area contributed by atoms with Gasteiger partial charge in [0.25, 0.3) is 0 Å². The Hall–Kier alpha value is -1.13. The molecule has 0 aliphatic heterocycles. The monoisotopic (exact) mass is 255 g/mol. The minimum Gasteiger partial charge on any atom is -0.486 e. The SMILES string of the molecule is Cc1ccc(F)cc1OC(CO)C(N)CC(C)C. The van der Waals surface area contributed by atoms with E-state index >= 15 is 0 Å². The molecule has 2 atom stereocenters. The minimum atomic E-state index is -0.507. The molecule has 1 rings (SSSR count). The molecule has 0 fully saturated rings. The summed E-state index contributed by atoms with van der Waals surface area (Å²) in [5.74, 6) is 0.504. The summed E-state index contributed by atoms with van der Waals surface area (Å²) in [6, 6.07) is 4.08. The number of aryl methyl sites for hydroxylation is 1. The van der Waals surface area contributed by atoms with Crippen LogP contribution >= 0.6 is 0 Å². The van der Waals surface area contributed by atoms with Crippen molar-refractivity contribution < 1.29 is 14.2 Å². The second-order valence-corrected chi connectivity index (χ2v) is 5.04. The third-order valence-corrected chi connectivity index (χ3v) is 2.83. The first-order valence-corrected chi connectivity index (χ1v) is 6.23. The molecule has 2 unspecified atom stereocenters. The Morgan fingerprint density at radius 3 is 2.61 bits per heavy atom. The Labute approximate surface area is 108 Å².